The van der Waals surface area contributed by atoms with E-state index in [0.29, 0.717) is 17.0 Å². The molecule has 9 heteroatoms. The number of hydrogen-bond donors (Lipinski definition) is 1. The van der Waals surface area contributed by atoms with E-state index in [4.69, 9.17) is 10.00 Å². The van der Waals surface area contributed by atoms with Gasteiger partial charge in [-0.1, -0.05) is 37.3 Å². The molecule has 0 aromatic heterocycles. The van der Waals surface area contributed by atoms with Crippen LogP contribution in [0.1, 0.15) is 18.1 Å². The number of rotatable bonds is 10. The Balaban J connectivity index is 1.74. The second kappa shape index (κ2) is 11.6. The molecule has 1 N–H and O–H groups in total. The minimum absolute atomic E-state index is 0.0486. The highest BCUT2D eigenvalue weighted by Gasteiger charge is 2.27. The van der Waals surface area contributed by atoms with Crippen LogP contribution in [0.2, 0.25) is 0 Å². The third kappa shape index (κ3) is 6.43. The molecule has 0 fully saturated rings. The molecule has 0 aliphatic carbocycles. The molecule has 3 rings (SSSR count). The Hall–Kier alpha value is -4.16. The first-order valence-corrected chi connectivity index (χ1v) is 12.0. The zero-order chi connectivity index (χ0) is 24.4. The zero-order valence-electron chi connectivity index (χ0n) is 18.6. The van der Waals surface area contributed by atoms with Gasteiger partial charge in [0.2, 0.25) is 0 Å². The van der Waals surface area contributed by atoms with E-state index in [9.17, 15) is 13.2 Å². The first-order valence-electron chi connectivity index (χ1n) is 10.5. The average Bonchev–Trinajstić information content (AvgIpc) is 2.87. The van der Waals surface area contributed by atoms with E-state index in [1.54, 1.807) is 54.6 Å². The van der Waals surface area contributed by atoms with Crippen molar-refractivity contribution in [1.29, 1.82) is 5.26 Å². The second-order valence-electron chi connectivity index (χ2n) is 7.15. The Morgan fingerprint density at radius 3 is 2.35 bits per heavy atom. The number of carbonyl (C=O) groups excluding carboxylic acids is 1. The summed E-state index contributed by atoms with van der Waals surface area (Å²) in [5.74, 6) is -0.0529. The number of benzene rings is 3. The number of aryl methyl sites for hydroxylation is 1. The van der Waals surface area contributed by atoms with Crippen molar-refractivity contribution in [3.8, 4) is 11.8 Å². The topological polar surface area (TPSA) is 112 Å². The predicted molar refractivity (Wildman–Crippen MR) is 130 cm³/mol. The van der Waals surface area contributed by atoms with Crippen molar-refractivity contribution in [2.75, 3.05) is 17.5 Å². The highest BCUT2D eigenvalue weighted by atomic mass is 32.2. The number of nitriles is 1. The maximum absolute atomic E-state index is 13.3. The van der Waals surface area contributed by atoms with Crippen LogP contribution in [0.25, 0.3) is 0 Å². The van der Waals surface area contributed by atoms with Crippen molar-refractivity contribution in [2.24, 2.45) is 5.10 Å². The van der Waals surface area contributed by atoms with Gasteiger partial charge in [-0.3, -0.25) is 9.10 Å². The highest BCUT2D eigenvalue weighted by Crippen LogP contribution is 2.24. The number of nitrogens with zero attached hydrogens (tertiary/aromatic N) is 3. The molecule has 0 aliphatic heterocycles. The molecule has 0 unspecified atom stereocenters. The molecule has 1 amide bonds. The molecule has 3 aromatic rings. The average molecular weight is 477 g/mol. The number of nitrogens with one attached hydrogen (secondary N) is 1. The van der Waals surface area contributed by atoms with Gasteiger partial charge in [0.15, 0.2) is 6.61 Å². The lowest BCUT2D eigenvalue weighted by Crippen LogP contribution is -2.39. The van der Waals surface area contributed by atoms with E-state index in [2.05, 4.69) is 10.5 Å². The van der Waals surface area contributed by atoms with E-state index in [1.807, 2.05) is 25.1 Å². The molecule has 0 radical (unpaired) electrons. The summed E-state index contributed by atoms with van der Waals surface area (Å²) in [7, 11) is -3.97. The van der Waals surface area contributed by atoms with Gasteiger partial charge in [-0.05, 0) is 66.1 Å². The van der Waals surface area contributed by atoms with Crippen molar-refractivity contribution in [1.82, 2.24) is 5.43 Å². The van der Waals surface area contributed by atoms with Crippen molar-refractivity contribution in [2.45, 2.75) is 18.2 Å². The zero-order valence-corrected chi connectivity index (χ0v) is 19.4. The third-order valence-corrected chi connectivity index (χ3v) is 6.63. The van der Waals surface area contributed by atoms with Crippen LogP contribution in [0, 0.1) is 11.3 Å². The summed E-state index contributed by atoms with van der Waals surface area (Å²) in [6.45, 7) is 1.51. The molecule has 0 bridgehead atoms. The molecule has 174 valence electrons. The molecular weight excluding hydrogens is 452 g/mol. The van der Waals surface area contributed by atoms with Crippen molar-refractivity contribution in [3.63, 3.8) is 0 Å². The number of hydrogen-bond acceptors (Lipinski definition) is 6. The van der Waals surface area contributed by atoms with Crippen LogP contribution in [-0.4, -0.2) is 33.7 Å². The number of hydrazone groups is 1. The summed E-state index contributed by atoms with van der Waals surface area (Å²) in [6, 6.07) is 23.7. The number of amides is 1. The van der Waals surface area contributed by atoms with Crippen LogP contribution in [0.4, 0.5) is 5.69 Å². The highest BCUT2D eigenvalue weighted by molar-refractivity contribution is 7.92. The predicted octanol–water partition coefficient (Wildman–Crippen LogP) is 3.50. The summed E-state index contributed by atoms with van der Waals surface area (Å²) in [6.07, 6.45) is 2.24. The van der Waals surface area contributed by atoms with Gasteiger partial charge in [-0.2, -0.15) is 10.4 Å². The summed E-state index contributed by atoms with van der Waals surface area (Å²) in [5.41, 5.74) is 4.50. The van der Waals surface area contributed by atoms with E-state index in [1.165, 1.54) is 18.3 Å². The third-order valence-electron chi connectivity index (χ3n) is 4.84. The van der Waals surface area contributed by atoms with Crippen LogP contribution in [0.3, 0.4) is 0 Å². The first-order chi connectivity index (χ1) is 16.4. The standard InChI is InChI=1S/C25H24N4O4S/c1-2-20-8-12-22(13-9-20)29(34(31,32)24-6-4-3-5-7-24)19-25(30)28-27-18-21-10-14-23(15-11-21)33-17-16-26/h3-15,18H,2,17,19H2,1H3,(H,28,30)/b27-18-. The van der Waals surface area contributed by atoms with Gasteiger partial charge in [0.25, 0.3) is 15.9 Å². The van der Waals surface area contributed by atoms with E-state index >= 15 is 0 Å². The Bertz CT molecular complexity index is 1270. The van der Waals surface area contributed by atoms with Crippen LogP contribution in [0.15, 0.2) is 88.9 Å². The molecule has 0 saturated carbocycles. The van der Waals surface area contributed by atoms with E-state index in [0.717, 1.165) is 16.3 Å². The van der Waals surface area contributed by atoms with Crippen LogP contribution < -0.4 is 14.5 Å². The fourth-order valence-electron chi connectivity index (χ4n) is 3.04. The number of carbonyl (C=O) groups is 1. The van der Waals surface area contributed by atoms with Crippen molar-refractivity contribution >= 4 is 27.8 Å². The van der Waals surface area contributed by atoms with Crippen LogP contribution in [-0.2, 0) is 21.2 Å². The van der Waals surface area contributed by atoms with E-state index in [-0.39, 0.29) is 11.5 Å². The van der Waals surface area contributed by atoms with Gasteiger partial charge < -0.3 is 4.74 Å². The molecule has 0 aliphatic rings. The second-order valence-corrected chi connectivity index (χ2v) is 9.02. The lowest BCUT2D eigenvalue weighted by atomic mass is 10.1. The van der Waals surface area contributed by atoms with Gasteiger partial charge in [-0.15, -0.1) is 0 Å². The molecule has 8 nitrogen and oxygen atoms in total. The number of ether oxygens (including phenoxy) is 1. The Morgan fingerprint density at radius 1 is 1.06 bits per heavy atom. The molecule has 0 saturated heterocycles. The summed E-state index contributed by atoms with van der Waals surface area (Å²) < 4.78 is 32.8. The SMILES string of the molecule is CCc1ccc(N(CC(=O)N/N=C\c2ccc(OCC#N)cc2)S(=O)(=O)c2ccccc2)cc1. The Labute approximate surface area is 199 Å². The fourth-order valence-corrected chi connectivity index (χ4v) is 4.49. The molecule has 0 spiro atoms. The maximum Gasteiger partial charge on any atom is 0.264 e. The smallest absolute Gasteiger partial charge is 0.264 e. The first kappa shape index (κ1) is 24.5. The fraction of sp³-hybridized carbons (Fsp3) is 0.160. The largest absolute Gasteiger partial charge is 0.479 e. The Kier molecular flexibility index (Phi) is 8.37. The van der Waals surface area contributed by atoms with Gasteiger partial charge in [0.1, 0.15) is 18.4 Å². The molecule has 34 heavy (non-hydrogen) atoms. The summed E-state index contributed by atoms with van der Waals surface area (Å²) >= 11 is 0. The molecule has 3 aromatic carbocycles. The van der Waals surface area contributed by atoms with Gasteiger partial charge in [0, 0.05) is 0 Å². The Morgan fingerprint density at radius 2 is 1.74 bits per heavy atom. The molecule has 0 atom stereocenters. The lowest BCUT2D eigenvalue weighted by Gasteiger charge is -2.24. The van der Waals surface area contributed by atoms with Gasteiger partial charge in [0.05, 0.1) is 16.8 Å². The summed E-state index contributed by atoms with van der Waals surface area (Å²) in [5, 5.41) is 12.5. The van der Waals surface area contributed by atoms with E-state index < -0.39 is 22.5 Å². The lowest BCUT2D eigenvalue weighted by molar-refractivity contribution is -0.119. The van der Waals surface area contributed by atoms with Gasteiger partial charge in [-0.25, -0.2) is 13.8 Å². The van der Waals surface area contributed by atoms with Crippen molar-refractivity contribution in [3.05, 3.63) is 90.0 Å². The number of sulfonamides is 1. The van der Waals surface area contributed by atoms with Gasteiger partial charge >= 0.3 is 0 Å². The summed E-state index contributed by atoms with van der Waals surface area (Å²) in [4.78, 5) is 12.7. The minimum Gasteiger partial charge on any atom is -0.479 e. The maximum atomic E-state index is 13.3. The monoisotopic (exact) mass is 476 g/mol. The quantitative estimate of drug-likeness (QED) is 0.356. The molecular formula is C25H24N4O4S. The normalized spacial score (nSPS) is 11.1. The number of anilines is 1. The minimum atomic E-state index is -3.97. The van der Waals surface area contributed by atoms with Crippen LogP contribution in [0.5, 0.6) is 5.75 Å². The van der Waals surface area contributed by atoms with Crippen LogP contribution >= 0.6 is 0 Å². The van der Waals surface area contributed by atoms with Crippen molar-refractivity contribution < 1.29 is 17.9 Å². The molecule has 0 heterocycles.